The SMILES string of the molecule is FC(F)(F)Oc1c(Br)[c]ccc1C(F)(C(F)(F)F)C(F)(F)C(F)(F)F. The molecule has 0 spiro atoms. The molecule has 0 N–H and O–H groups in total. The molecule has 143 valence electrons. The number of rotatable bonds is 3. The summed E-state index contributed by atoms with van der Waals surface area (Å²) < 4.78 is 155. The van der Waals surface area contributed by atoms with Gasteiger partial charge in [0, 0.05) is 11.6 Å². The highest BCUT2D eigenvalue weighted by atomic mass is 79.9. The third kappa shape index (κ3) is 3.77. The molecule has 0 aliphatic rings. The van der Waals surface area contributed by atoms with Crippen LogP contribution in [0.2, 0.25) is 0 Å². The molecule has 0 bridgehead atoms. The number of alkyl halides is 12. The predicted molar refractivity (Wildman–Crippen MR) is 59.5 cm³/mol. The Kier molecular flexibility index (Phi) is 5.32. The zero-order chi connectivity index (χ0) is 20.1. The van der Waals surface area contributed by atoms with Crippen LogP contribution in [0.1, 0.15) is 5.56 Å². The maximum absolute atomic E-state index is 14.2. The van der Waals surface area contributed by atoms with Gasteiger partial charge in [-0.1, -0.05) is 12.1 Å². The second-order valence-electron chi connectivity index (χ2n) is 4.31. The average Bonchev–Trinajstić information content (AvgIpc) is 2.36. The van der Waals surface area contributed by atoms with E-state index in [9.17, 15) is 52.7 Å². The Labute approximate surface area is 138 Å². The normalized spacial score (nSPS) is 16.5. The molecule has 1 aromatic carbocycles. The summed E-state index contributed by atoms with van der Waals surface area (Å²) in [5, 5.41) is 0. The monoisotopic (exact) mass is 457 g/mol. The lowest BCUT2D eigenvalue weighted by Gasteiger charge is -2.36. The zero-order valence-electron chi connectivity index (χ0n) is 11.0. The third-order valence-corrected chi connectivity index (χ3v) is 3.26. The molecule has 0 aliphatic heterocycles. The van der Waals surface area contributed by atoms with Gasteiger partial charge >= 0.3 is 30.3 Å². The number of benzene rings is 1. The van der Waals surface area contributed by atoms with Gasteiger partial charge in [0.25, 0.3) is 0 Å². The summed E-state index contributed by atoms with van der Waals surface area (Å²) >= 11 is 2.14. The van der Waals surface area contributed by atoms with E-state index in [1.165, 1.54) is 0 Å². The fraction of sp³-hybridized carbons (Fsp3) is 0.455. The van der Waals surface area contributed by atoms with Gasteiger partial charge < -0.3 is 4.74 Å². The van der Waals surface area contributed by atoms with Crippen LogP contribution in [0.3, 0.4) is 0 Å². The Hall–Kier alpha value is -1.34. The summed E-state index contributed by atoms with van der Waals surface area (Å²) in [6.07, 6.45) is -19.9. The van der Waals surface area contributed by atoms with Crippen LogP contribution in [0, 0.1) is 6.07 Å². The van der Waals surface area contributed by atoms with Crippen molar-refractivity contribution in [3.63, 3.8) is 0 Å². The van der Waals surface area contributed by atoms with Gasteiger partial charge in [0.1, 0.15) is 0 Å². The van der Waals surface area contributed by atoms with E-state index < -0.39 is 46.1 Å². The number of ether oxygens (including phenoxy) is 1. The molecule has 1 rings (SSSR count). The molecule has 0 saturated heterocycles. The van der Waals surface area contributed by atoms with E-state index in [0.717, 1.165) is 0 Å². The van der Waals surface area contributed by atoms with Crippen molar-refractivity contribution in [3.05, 3.63) is 28.2 Å². The lowest BCUT2D eigenvalue weighted by Crippen LogP contribution is -2.60. The minimum atomic E-state index is -7.14. The van der Waals surface area contributed by atoms with E-state index in [2.05, 4.69) is 20.7 Å². The first-order chi connectivity index (χ1) is 10.9. The first-order valence-corrected chi connectivity index (χ1v) is 6.32. The van der Waals surface area contributed by atoms with Crippen LogP contribution in [0.4, 0.5) is 52.7 Å². The molecule has 0 amide bonds. The molecule has 0 saturated carbocycles. The molecule has 0 aliphatic carbocycles. The van der Waals surface area contributed by atoms with Crippen LogP contribution in [0.15, 0.2) is 16.6 Å². The Bertz CT molecular complexity index is 631. The Morgan fingerprint density at radius 2 is 1.28 bits per heavy atom. The van der Waals surface area contributed by atoms with Gasteiger partial charge in [0.05, 0.1) is 4.47 Å². The molecule has 1 nitrogen and oxygen atoms in total. The molecule has 0 heterocycles. The Morgan fingerprint density at radius 3 is 1.64 bits per heavy atom. The second-order valence-corrected chi connectivity index (χ2v) is 5.10. The summed E-state index contributed by atoms with van der Waals surface area (Å²) in [4.78, 5) is 0. The third-order valence-electron chi connectivity index (χ3n) is 2.67. The van der Waals surface area contributed by atoms with Crippen molar-refractivity contribution < 1.29 is 57.4 Å². The van der Waals surface area contributed by atoms with Crippen LogP contribution in [-0.2, 0) is 5.67 Å². The van der Waals surface area contributed by atoms with Gasteiger partial charge in [0.15, 0.2) is 5.75 Å². The van der Waals surface area contributed by atoms with Crippen LogP contribution < -0.4 is 4.74 Å². The standard InChI is InChI=1S/C11H2BrF12O/c12-5-3-1-2-4(6(5)25-11(22,23)24)7(13,9(16,17)18)8(14,15)10(19,20)21/h1-2H. The van der Waals surface area contributed by atoms with Crippen molar-refractivity contribution in [2.45, 2.75) is 30.3 Å². The van der Waals surface area contributed by atoms with Gasteiger partial charge in [-0.25, -0.2) is 4.39 Å². The van der Waals surface area contributed by atoms with Gasteiger partial charge in [-0.05, 0) is 15.9 Å². The van der Waals surface area contributed by atoms with Gasteiger partial charge in [-0.2, -0.15) is 35.1 Å². The van der Waals surface area contributed by atoms with Gasteiger partial charge in [-0.15, -0.1) is 13.2 Å². The van der Waals surface area contributed by atoms with Crippen LogP contribution in [0.25, 0.3) is 0 Å². The molecular formula is C11H2BrF12O. The quantitative estimate of drug-likeness (QED) is 0.500. The largest absolute Gasteiger partial charge is 0.573 e. The highest BCUT2D eigenvalue weighted by molar-refractivity contribution is 9.10. The van der Waals surface area contributed by atoms with Crippen LogP contribution >= 0.6 is 15.9 Å². The van der Waals surface area contributed by atoms with E-state index in [4.69, 9.17) is 0 Å². The Morgan fingerprint density at radius 1 is 0.800 bits per heavy atom. The summed E-state index contributed by atoms with van der Waals surface area (Å²) in [5.41, 5.74) is -9.30. The molecule has 0 aromatic heterocycles. The van der Waals surface area contributed by atoms with E-state index in [0.29, 0.717) is 0 Å². The van der Waals surface area contributed by atoms with Gasteiger partial charge in [-0.3, -0.25) is 0 Å². The highest BCUT2D eigenvalue weighted by Crippen LogP contribution is 2.60. The number of hydrogen-bond acceptors (Lipinski definition) is 1. The topological polar surface area (TPSA) is 9.23 Å². The first-order valence-electron chi connectivity index (χ1n) is 5.53. The van der Waals surface area contributed by atoms with E-state index >= 15 is 0 Å². The molecule has 1 unspecified atom stereocenters. The molecule has 25 heavy (non-hydrogen) atoms. The van der Waals surface area contributed by atoms with Crippen molar-refractivity contribution in [2.24, 2.45) is 0 Å². The minimum absolute atomic E-state index is 0.204. The average molecular weight is 458 g/mol. The van der Waals surface area contributed by atoms with Gasteiger partial charge in [0.2, 0.25) is 0 Å². The van der Waals surface area contributed by atoms with Crippen LogP contribution in [-0.4, -0.2) is 24.6 Å². The highest BCUT2D eigenvalue weighted by Gasteiger charge is 2.82. The number of halogens is 13. The predicted octanol–water partition coefficient (Wildman–Crippen LogP) is 6.07. The fourth-order valence-electron chi connectivity index (χ4n) is 1.64. The van der Waals surface area contributed by atoms with E-state index in [1.54, 1.807) is 6.07 Å². The molecule has 1 atom stereocenters. The molecule has 0 fully saturated rings. The lowest BCUT2D eigenvalue weighted by molar-refractivity contribution is -0.390. The zero-order valence-corrected chi connectivity index (χ0v) is 12.6. The summed E-state index contributed by atoms with van der Waals surface area (Å²) in [6.45, 7) is 0. The number of hydrogen-bond donors (Lipinski definition) is 0. The van der Waals surface area contributed by atoms with Crippen molar-refractivity contribution in [2.75, 3.05) is 0 Å². The first kappa shape index (κ1) is 21.7. The maximum atomic E-state index is 14.2. The molecule has 1 aromatic rings. The molecule has 14 heteroatoms. The minimum Gasteiger partial charge on any atom is -0.404 e. The Balaban J connectivity index is 3.86. The fourth-order valence-corrected chi connectivity index (χ4v) is 2.07. The molecular weight excluding hydrogens is 456 g/mol. The summed E-state index contributed by atoms with van der Waals surface area (Å²) in [7, 11) is 0. The van der Waals surface area contributed by atoms with E-state index in [1.807, 2.05) is 0 Å². The van der Waals surface area contributed by atoms with Crippen molar-refractivity contribution in [1.82, 2.24) is 0 Å². The van der Waals surface area contributed by atoms with Crippen molar-refractivity contribution >= 4 is 15.9 Å². The second kappa shape index (κ2) is 6.13. The van der Waals surface area contributed by atoms with Crippen LogP contribution in [0.5, 0.6) is 5.75 Å². The lowest BCUT2D eigenvalue weighted by atomic mass is 9.87. The van der Waals surface area contributed by atoms with Crippen molar-refractivity contribution in [3.8, 4) is 5.75 Å². The summed E-state index contributed by atoms with van der Waals surface area (Å²) in [5.74, 6) is -9.42. The van der Waals surface area contributed by atoms with E-state index in [-0.39, 0.29) is 12.1 Å². The molecule has 1 radical (unpaired) electrons. The summed E-state index contributed by atoms with van der Waals surface area (Å²) in [6, 6.07) is 1.54. The smallest absolute Gasteiger partial charge is 0.404 e. The maximum Gasteiger partial charge on any atom is 0.573 e. The van der Waals surface area contributed by atoms with Crippen molar-refractivity contribution in [1.29, 1.82) is 0 Å².